The van der Waals surface area contributed by atoms with Gasteiger partial charge in [0, 0.05) is 19.1 Å². The number of piperidine rings is 1. The quantitative estimate of drug-likeness (QED) is 0.882. The average molecular weight is 246 g/mol. The summed E-state index contributed by atoms with van der Waals surface area (Å²) in [5, 5.41) is 3.73. The van der Waals surface area contributed by atoms with Crippen LogP contribution in [0.25, 0.3) is 0 Å². The van der Waals surface area contributed by atoms with Crippen molar-refractivity contribution in [1.82, 2.24) is 10.2 Å². The number of aryl methyl sites for hydroxylation is 2. The van der Waals surface area contributed by atoms with Crippen molar-refractivity contribution in [2.45, 2.75) is 39.8 Å². The van der Waals surface area contributed by atoms with Gasteiger partial charge in [-0.15, -0.1) is 0 Å². The molecule has 1 saturated heterocycles. The first kappa shape index (κ1) is 13.6. The summed E-state index contributed by atoms with van der Waals surface area (Å²) in [4.78, 5) is 2.43. The third-order valence-electron chi connectivity index (χ3n) is 4.25. The van der Waals surface area contributed by atoms with E-state index in [9.17, 15) is 0 Å². The Kier molecular flexibility index (Phi) is 4.41. The minimum Gasteiger partial charge on any atom is -0.310 e. The molecule has 1 N–H and O–H groups in total. The van der Waals surface area contributed by atoms with Gasteiger partial charge in [-0.3, -0.25) is 0 Å². The molecule has 2 heteroatoms. The number of nitrogens with one attached hydrogen (secondary N) is 1. The summed E-state index contributed by atoms with van der Waals surface area (Å²) >= 11 is 0. The van der Waals surface area contributed by atoms with Crippen LogP contribution in [0, 0.1) is 19.8 Å². The molecular weight excluding hydrogens is 220 g/mol. The summed E-state index contributed by atoms with van der Waals surface area (Å²) in [5.41, 5.74) is 4.18. The van der Waals surface area contributed by atoms with E-state index in [0.717, 1.165) is 12.5 Å². The fraction of sp³-hybridized carbons (Fsp3) is 0.625. The highest BCUT2D eigenvalue weighted by Crippen LogP contribution is 2.16. The molecule has 0 aliphatic carbocycles. The molecule has 2 unspecified atom stereocenters. The van der Waals surface area contributed by atoms with Crippen LogP contribution in [0.4, 0.5) is 0 Å². The van der Waals surface area contributed by atoms with Crippen molar-refractivity contribution in [3.8, 4) is 0 Å². The zero-order valence-electron chi connectivity index (χ0n) is 12.2. The van der Waals surface area contributed by atoms with Crippen LogP contribution in [0.5, 0.6) is 0 Å². The van der Waals surface area contributed by atoms with Crippen molar-refractivity contribution < 1.29 is 0 Å². The summed E-state index contributed by atoms with van der Waals surface area (Å²) in [5.74, 6) is 0.746. The Morgan fingerprint density at radius 3 is 2.72 bits per heavy atom. The van der Waals surface area contributed by atoms with Gasteiger partial charge in [0.1, 0.15) is 0 Å². The van der Waals surface area contributed by atoms with Crippen LogP contribution in [0.2, 0.25) is 0 Å². The second-order valence-corrected chi connectivity index (χ2v) is 5.93. The molecule has 18 heavy (non-hydrogen) atoms. The smallest absolute Gasteiger partial charge is 0.0208 e. The molecule has 100 valence electrons. The van der Waals surface area contributed by atoms with Crippen molar-refractivity contribution in [3.63, 3.8) is 0 Å². The lowest BCUT2D eigenvalue weighted by atomic mass is 9.94. The van der Waals surface area contributed by atoms with Crippen LogP contribution in [0.3, 0.4) is 0 Å². The van der Waals surface area contributed by atoms with Crippen LogP contribution >= 0.6 is 0 Å². The van der Waals surface area contributed by atoms with Crippen molar-refractivity contribution in [2.24, 2.45) is 5.92 Å². The van der Waals surface area contributed by atoms with E-state index in [1.165, 1.54) is 36.2 Å². The second-order valence-electron chi connectivity index (χ2n) is 5.93. The monoisotopic (exact) mass is 246 g/mol. The maximum atomic E-state index is 3.73. The number of benzene rings is 1. The van der Waals surface area contributed by atoms with Crippen LogP contribution in [0.15, 0.2) is 18.2 Å². The molecule has 1 fully saturated rings. The molecule has 1 aromatic rings. The molecule has 2 rings (SSSR count). The van der Waals surface area contributed by atoms with Gasteiger partial charge >= 0.3 is 0 Å². The maximum absolute atomic E-state index is 3.73. The van der Waals surface area contributed by atoms with Crippen molar-refractivity contribution in [1.29, 1.82) is 0 Å². The van der Waals surface area contributed by atoms with Gasteiger partial charge < -0.3 is 10.2 Å². The van der Waals surface area contributed by atoms with Gasteiger partial charge in [-0.1, -0.05) is 25.1 Å². The summed E-state index contributed by atoms with van der Waals surface area (Å²) in [6.07, 6.45) is 1.27. The maximum Gasteiger partial charge on any atom is 0.0208 e. The van der Waals surface area contributed by atoms with E-state index < -0.39 is 0 Å². The van der Waals surface area contributed by atoms with Crippen LogP contribution in [0.1, 0.15) is 30.0 Å². The molecule has 2 atom stereocenters. The van der Waals surface area contributed by atoms with Crippen molar-refractivity contribution >= 4 is 0 Å². The Bertz CT molecular complexity index is 400. The average Bonchev–Trinajstić information content (AvgIpc) is 2.32. The zero-order chi connectivity index (χ0) is 13.1. The normalized spacial score (nSPS) is 25.3. The fourth-order valence-corrected chi connectivity index (χ4v) is 2.82. The van der Waals surface area contributed by atoms with Crippen LogP contribution in [-0.2, 0) is 6.54 Å². The molecule has 0 bridgehead atoms. The molecule has 1 heterocycles. The van der Waals surface area contributed by atoms with Gasteiger partial charge in [0.25, 0.3) is 0 Å². The number of likely N-dealkylation sites (tertiary alicyclic amines) is 1. The number of hydrogen-bond acceptors (Lipinski definition) is 2. The fourth-order valence-electron chi connectivity index (χ4n) is 2.82. The predicted octanol–water partition coefficient (Wildman–Crippen LogP) is 2.73. The molecule has 0 amide bonds. The standard InChI is InChI=1S/C16H26N2/c1-12-5-6-15(9-13(12)2)10-17-16-7-8-18(4)11-14(16)3/h5-6,9,14,16-17H,7-8,10-11H2,1-4H3. The molecule has 0 aromatic heterocycles. The lowest BCUT2D eigenvalue weighted by Crippen LogP contribution is -2.46. The lowest BCUT2D eigenvalue weighted by molar-refractivity contribution is 0.174. The third-order valence-corrected chi connectivity index (χ3v) is 4.25. The highest BCUT2D eigenvalue weighted by Gasteiger charge is 2.23. The highest BCUT2D eigenvalue weighted by molar-refractivity contribution is 5.29. The molecule has 1 aromatic carbocycles. The number of nitrogens with zero attached hydrogens (tertiary/aromatic N) is 1. The topological polar surface area (TPSA) is 15.3 Å². The predicted molar refractivity (Wildman–Crippen MR) is 77.8 cm³/mol. The first-order chi connectivity index (χ1) is 8.56. The van der Waals surface area contributed by atoms with Crippen molar-refractivity contribution in [2.75, 3.05) is 20.1 Å². The molecule has 0 spiro atoms. The van der Waals surface area contributed by atoms with Crippen LogP contribution < -0.4 is 5.32 Å². The van der Waals surface area contributed by atoms with Crippen LogP contribution in [-0.4, -0.2) is 31.1 Å². The SMILES string of the molecule is Cc1ccc(CNC2CCN(C)CC2C)cc1C. The van der Waals surface area contributed by atoms with E-state index in [2.05, 4.69) is 56.2 Å². The summed E-state index contributed by atoms with van der Waals surface area (Å²) in [6.45, 7) is 10.1. The Morgan fingerprint density at radius 1 is 1.28 bits per heavy atom. The zero-order valence-corrected chi connectivity index (χ0v) is 12.2. The van der Waals surface area contributed by atoms with Crippen molar-refractivity contribution in [3.05, 3.63) is 34.9 Å². The third kappa shape index (κ3) is 3.33. The first-order valence-electron chi connectivity index (χ1n) is 7.04. The minimum atomic E-state index is 0.669. The van der Waals surface area contributed by atoms with Gasteiger partial charge in [0.15, 0.2) is 0 Å². The van der Waals surface area contributed by atoms with E-state index in [4.69, 9.17) is 0 Å². The highest BCUT2D eigenvalue weighted by atomic mass is 15.1. The van der Waals surface area contributed by atoms with E-state index >= 15 is 0 Å². The Balaban J connectivity index is 1.89. The minimum absolute atomic E-state index is 0.669. The van der Waals surface area contributed by atoms with Gasteiger partial charge in [-0.25, -0.2) is 0 Å². The summed E-state index contributed by atoms with van der Waals surface area (Å²) in [7, 11) is 2.22. The van der Waals surface area contributed by atoms with E-state index in [0.29, 0.717) is 6.04 Å². The molecule has 0 saturated carbocycles. The molecule has 2 nitrogen and oxygen atoms in total. The van der Waals surface area contributed by atoms with Gasteiger partial charge in [-0.05, 0) is 56.5 Å². The summed E-state index contributed by atoms with van der Waals surface area (Å²) < 4.78 is 0. The lowest BCUT2D eigenvalue weighted by Gasteiger charge is -2.35. The molecule has 1 aliphatic heterocycles. The largest absolute Gasteiger partial charge is 0.310 e. The number of rotatable bonds is 3. The van der Waals surface area contributed by atoms with Gasteiger partial charge in [-0.2, -0.15) is 0 Å². The molecular formula is C16H26N2. The van der Waals surface area contributed by atoms with E-state index in [1.807, 2.05) is 0 Å². The molecule has 1 aliphatic rings. The number of hydrogen-bond donors (Lipinski definition) is 1. The van der Waals surface area contributed by atoms with Gasteiger partial charge in [0.05, 0.1) is 0 Å². The van der Waals surface area contributed by atoms with E-state index in [-0.39, 0.29) is 0 Å². The Hall–Kier alpha value is -0.860. The van der Waals surface area contributed by atoms with E-state index in [1.54, 1.807) is 0 Å². The first-order valence-corrected chi connectivity index (χ1v) is 7.04. The molecule has 0 radical (unpaired) electrons. The Labute approximate surface area is 111 Å². The Morgan fingerprint density at radius 2 is 2.06 bits per heavy atom. The van der Waals surface area contributed by atoms with Gasteiger partial charge in [0.2, 0.25) is 0 Å². The summed E-state index contributed by atoms with van der Waals surface area (Å²) in [6, 6.07) is 7.45. The second kappa shape index (κ2) is 5.85.